The number of carbonyl (C=O) groups is 1. The van der Waals surface area contributed by atoms with Crippen LogP contribution in [0.3, 0.4) is 0 Å². The van der Waals surface area contributed by atoms with Crippen LogP contribution in [-0.2, 0) is 4.79 Å². The van der Waals surface area contributed by atoms with Crippen LogP contribution in [0.4, 0.5) is 5.82 Å². The first kappa shape index (κ1) is 14.7. The second kappa shape index (κ2) is 5.53. The van der Waals surface area contributed by atoms with Crippen LogP contribution in [0.15, 0.2) is 12.7 Å². The quantitative estimate of drug-likeness (QED) is 0.746. The number of imidazole rings is 1. The third-order valence-corrected chi connectivity index (χ3v) is 2.14. The molecule has 85 valence electrons. The largest absolute Gasteiger partial charge is 0.340 e. The smallest absolute Gasteiger partial charge is 0.230 e. The van der Waals surface area contributed by atoms with E-state index in [-0.39, 0.29) is 57.3 Å². The molecule has 6 nitrogen and oxygen atoms in total. The number of aromatic amines is 1. The molecule has 2 aromatic heterocycles. The van der Waals surface area contributed by atoms with E-state index in [1.165, 1.54) is 12.7 Å². The third kappa shape index (κ3) is 3.32. The van der Waals surface area contributed by atoms with Gasteiger partial charge in [-0.1, -0.05) is 20.8 Å². The van der Waals surface area contributed by atoms with Gasteiger partial charge in [0.25, 0.3) is 0 Å². The SMILES string of the molecule is CC(C)(C)C(=O)Nc1ncnc2nc[nH]c12.[K]. The van der Waals surface area contributed by atoms with Crippen molar-refractivity contribution < 1.29 is 4.79 Å². The first-order valence-corrected chi connectivity index (χ1v) is 4.94. The number of rotatable bonds is 1. The van der Waals surface area contributed by atoms with Crippen LogP contribution in [0.1, 0.15) is 20.8 Å². The molecule has 0 aromatic carbocycles. The van der Waals surface area contributed by atoms with Crippen LogP contribution >= 0.6 is 0 Å². The topological polar surface area (TPSA) is 83.6 Å². The molecule has 2 aromatic rings. The Labute approximate surface area is 141 Å². The number of amides is 1. The molecule has 2 rings (SSSR count). The van der Waals surface area contributed by atoms with Crippen LogP contribution in [0.2, 0.25) is 0 Å². The number of carbonyl (C=O) groups excluding carboxylic acids is 1. The van der Waals surface area contributed by atoms with E-state index in [0.29, 0.717) is 17.0 Å². The third-order valence-electron chi connectivity index (χ3n) is 2.14. The minimum atomic E-state index is -0.461. The standard InChI is InChI=1S/C10H13N5O.K/c1-10(2,3)9(16)15-8-6-7(12-4-11-6)13-5-14-8;/h4-5H,1-3H3,(H2,11,12,13,14,15,16);. The van der Waals surface area contributed by atoms with E-state index < -0.39 is 5.41 Å². The normalized spacial score (nSPS) is 11.0. The van der Waals surface area contributed by atoms with Gasteiger partial charge in [0.1, 0.15) is 11.8 Å². The molecule has 0 saturated carbocycles. The van der Waals surface area contributed by atoms with E-state index in [9.17, 15) is 4.79 Å². The molecular weight excluding hydrogens is 245 g/mol. The van der Waals surface area contributed by atoms with Gasteiger partial charge in [-0.25, -0.2) is 15.0 Å². The average molecular weight is 258 g/mol. The van der Waals surface area contributed by atoms with Crippen molar-refractivity contribution in [3.63, 3.8) is 0 Å². The Morgan fingerprint density at radius 1 is 1.29 bits per heavy atom. The zero-order valence-electron chi connectivity index (χ0n) is 10.4. The molecule has 0 aliphatic rings. The summed E-state index contributed by atoms with van der Waals surface area (Å²) < 4.78 is 0. The summed E-state index contributed by atoms with van der Waals surface area (Å²) in [5.74, 6) is 0.365. The number of aromatic nitrogens is 4. The van der Waals surface area contributed by atoms with Crippen LogP contribution in [0, 0.1) is 5.41 Å². The maximum atomic E-state index is 11.8. The predicted molar refractivity (Wildman–Crippen MR) is 65.5 cm³/mol. The Morgan fingerprint density at radius 2 is 2.00 bits per heavy atom. The molecule has 0 fully saturated rings. The van der Waals surface area contributed by atoms with Crippen molar-refractivity contribution in [3.8, 4) is 0 Å². The van der Waals surface area contributed by atoms with Crippen molar-refractivity contribution in [2.24, 2.45) is 5.41 Å². The van der Waals surface area contributed by atoms with Gasteiger partial charge in [-0.2, -0.15) is 0 Å². The minimum absolute atomic E-state index is 0. The van der Waals surface area contributed by atoms with Crippen molar-refractivity contribution in [1.29, 1.82) is 0 Å². The summed E-state index contributed by atoms with van der Waals surface area (Å²) in [6.45, 7) is 5.52. The van der Waals surface area contributed by atoms with Gasteiger partial charge in [0, 0.05) is 56.8 Å². The van der Waals surface area contributed by atoms with Crippen LogP contribution < -0.4 is 5.32 Å². The van der Waals surface area contributed by atoms with Crippen molar-refractivity contribution in [1.82, 2.24) is 19.9 Å². The van der Waals surface area contributed by atoms with Gasteiger partial charge in [-0.3, -0.25) is 4.79 Å². The maximum absolute atomic E-state index is 11.8. The second-order valence-electron chi connectivity index (χ2n) is 4.53. The van der Waals surface area contributed by atoms with Gasteiger partial charge in [0.2, 0.25) is 5.91 Å². The van der Waals surface area contributed by atoms with Crippen LogP contribution in [-0.4, -0.2) is 77.2 Å². The van der Waals surface area contributed by atoms with Crippen LogP contribution in [0.5, 0.6) is 0 Å². The fraction of sp³-hybridized carbons (Fsp3) is 0.400. The molecular formula is C10H13KN5O. The molecule has 2 N–H and O–H groups in total. The van der Waals surface area contributed by atoms with Gasteiger partial charge in [0.15, 0.2) is 11.5 Å². The summed E-state index contributed by atoms with van der Waals surface area (Å²) in [7, 11) is 0. The summed E-state index contributed by atoms with van der Waals surface area (Å²) in [6.07, 6.45) is 2.90. The molecule has 7 heteroatoms. The summed E-state index contributed by atoms with van der Waals surface area (Å²) in [5, 5.41) is 2.75. The number of hydrogen-bond acceptors (Lipinski definition) is 4. The van der Waals surface area contributed by atoms with E-state index >= 15 is 0 Å². The summed E-state index contributed by atoms with van der Waals surface area (Å²) in [6, 6.07) is 0. The summed E-state index contributed by atoms with van der Waals surface area (Å²) in [5.41, 5.74) is 0.719. The number of nitrogens with one attached hydrogen (secondary N) is 2. The molecule has 17 heavy (non-hydrogen) atoms. The maximum Gasteiger partial charge on any atom is 0.230 e. The van der Waals surface area contributed by atoms with Crippen molar-refractivity contribution in [2.45, 2.75) is 20.8 Å². The molecule has 0 bridgehead atoms. The van der Waals surface area contributed by atoms with Crippen molar-refractivity contribution in [3.05, 3.63) is 12.7 Å². The Morgan fingerprint density at radius 3 is 2.65 bits per heavy atom. The second-order valence-corrected chi connectivity index (χ2v) is 4.53. The monoisotopic (exact) mass is 258 g/mol. The molecule has 2 heterocycles. The van der Waals surface area contributed by atoms with E-state index in [0.717, 1.165) is 0 Å². The number of nitrogens with zero attached hydrogens (tertiary/aromatic N) is 3. The Hall–Kier alpha value is -0.344. The first-order chi connectivity index (χ1) is 7.48. The zero-order chi connectivity index (χ0) is 11.8. The van der Waals surface area contributed by atoms with Crippen molar-refractivity contribution in [2.75, 3.05) is 5.32 Å². The zero-order valence-corrected chi connectivity index (χ0v) is 13.5. The number of hydrogen-bond donors (Lipinski definition) is 2. The molecule has 0 atom stereocenters. The van der Waals surface area contributed by atoms with Gasteiger partial charge in [-0.05, 0) is 0 Å². The molecule has 0 spiro atoms. The molecule has 1 amide bonds. The minimum Gasteiger partial charge on any atom is -0.340 e. The molecule has 0 aliphatic carbocycles. The van der Waals surface area contributed by atoms with Crippen LogP contribution in [0.25, 0.3) is 11.2 Å². The summed E-state index contributed by atoms with van der Waals surface area (Å²) >= 11 is 0. The number of anilines is 1. The Bertz CT molecular complexity index is 531. The van der Waals surface area contributed by atoms with Crippen molar-refractivity contribution >= 4 is 74.3 Å². The van der Waals surface area contributed by atoms with E-state index in [1.54, 1.807) is 0 Å². The van der Waals surface area contributed by atoms with E-state index in [1.807, 2.05) is 20.8 Å². The fourth-order valence-corrected chi connectivity index (χ4v) is 1.15. The van der Waals surface area contributed by atoms with E-state index in [2.05, 4.69) is 25.3 Å². The Balaban J connectivity index is 0.00000144. The van der Waals surface area contributed by atoms with Gasteiger partial charge in [-0.15, -0.1) is 0 Å². The Kier molecular flexibility index (Phi) is 4.79. The number of fused-ring (bicyclic) bond motifs is 1. The first-order valence-electron chi connectivity index (χ1n) is 4.94. The fourth-order valence-electron chi connectivity index (χ4n) is 1.15. The van der Waals surface area contributed by atoms with Gasteiger partial charge >= 0.3 is 0 Å². The molecule has 0 unspecified atom stereocenters. The molecule has 0 saturated heterocycles. The molecule has 1 radical (unpaired) electrons. The summed E-state index contributed by atoms with van der Waals surface area (Å²) in [4.78, 5) is 26.7. The van der Waals surface area contributed by atoms with Gasteiger partial charge < -0.3 is 10.3 Å². The number of H-pyrrole nitrogens is 1. The molecule has 0 aliphatic heterocycles. The van der Waals surface area contributed by atoms with Gasteiger partial charge in [0.05, 0.1) is 6.33 Å². The predicted octanol–water partition coefficient (Wildman–Crippen LogP) is 0.957. The van der Waals surface area contributed by atoms with E-state index in [4.69, 9.17) is 0 Å². The average Bonchev–Trinajstić information content (AvgIpc) is 2.65.